The lowest BCUT2D eigenvalue weighted by atomic mass is 10.4. The van der Waals surface area contributed by atoms with Gasteiger partial charge in [-0.2, -0.15) is 17.6 Å². The summed E-state index contributed by atoms with van der Waals surface area (Å²) in [6.07, 6.45) is -1.39. The highest BCUT2D eigenvalue weighted by Gasteiger charge is 3.12. The van der Waals surface area contributed by atoms with Crippen LogP contribution in [0.4, 0.5) is 26.3 Å². The van der Waals surface area contributed by atoms with Crippen molar-refractivity contribution in [3.05, 3.63) is 0 Å². The molecule has 2 saturated carbocycles. The fourth-order valence-corrected chi connectivity index (χ4v) is 1.44. The van der Waals surface area contributed by atoms with Crippen molar-refractivity contribution >= 4 is 0 Å². The van der Waals surface area contributed by atoms with Crippen LogP contribution in [0.25, 0.3) is 0 Å². The number of hydrogen-bond donors (Lipinski definition) is 0. The Morgan fingerprint density at radius 2 is 1.00 bits per heavy atom. The lowest BCUT2D eigenvalue weighted by molar-refractivity contribution is -0.0278. The first kappa shape index (κ1) is 7.24. The SMILES string of the molecule is FC1(F)CC12C(F)(F)C2(F)F. The zero-order valence-corrected chi connectivity index (χ0v) is 4.97. The molecule has 11 heavy (non-hydrogen) atoms. The maximum absolute atomic E-state index is 12.0. The van der Waals surface area contributed by atoms with E-state index in [0.717, 1.165) is 0 Å². The van der Waals surface area contributed by atoms with Crippen LogP contribution >= 0.6 is 0 Å². The first-order chi connectivity index (χ1) is 4.71. The molecular formula is C5H2F6. The average molecular weight is 176 g/mol. The molecule has 0 aromatic rings. The van der Waals surface area contributed by atoms with Crippen LogP contribution in [0.15, 0.2) is 0 Å². The van der Waals surface area contributed by atoms with E-state index in [0.29, 0.717) is 0 Å². The maximum Gasteiger partial charge on any atom is 0.328 e. The molecule has 0 aliphatic heterocycles. The highest BCUT2D eigenvalue weighted by molar-refractivity contribution is 5.41. The quantitative estimate of drug-likeness (QED) is 0.496. The van der Waals surface area contributed by atoms with Crippen LogP contribution in [0.1, 0.15) is 6.42 Å². The van der Waals surface area contributed by atoms with Gasteiger partial charge in [0.2, 0.25) is 0 Å². The minimum absolute atomic E-state index is 1.39. The normalized spacial score (nSPS) is 38.7. The molecule has 2 fully saturated rings. The van der Waals surface area contributed by atoms with Crippen molar-refractivity contribution in [2.45, 2.75) is 24.2 Å². The van der Waals surface area contributed by atoms with Crippen LogP contribution in [-0.4, -0.2) is 17.8 Å². The molecule has 0 bridgehead atoms. The molecule has 2 rings (SSSR count). The summed E-state index contributed by atoms with van der Waals surface area (Å²) in [4.78, 5) is 0. The van der Waals surface area contributed by atoms with Gasteiger partial charge in [0, 0.05) is 6.42 Å². The summed E-state index contributed by atoms with van der Waals surface area (Å²) in [7, 11) is 0. The Morgan fingerprint density at radius 1 is 0.727 bits per heavy atom. The summed E-state index contributed by atoms with van der Waals surface area (Å²) in [5.41, 5.74) is -3.31. The molecule has 0 saturated heterocycles. The smallest absolute Gasteiger partial charge is 0.206 e. The van der Waals surface area contributed by atoms with Crippen molar-refractivity contribution < 1.29 is 26.3 Å². The van der Waals surface area contributed by atoms with Crippen molar-refractivity contribution in [2.24, 2.45) is 5.41 Å². The second kappa shape index (κ2) is 1.17. The molecule has 2 aliphatic rings. The van der Waals surface area contributed by atoms with Gasteiger partial charge in [0.1, 0.15) is 0 Å². The van der Waals surface area contributed by atoms with Gasteiger partial charge in [0.15, 0.2) is 5.41 Å². The Morgan fingerprint density at radius 3 is 1.00 bits per heavy atom. The second-order valence-corrected chi connectivity index (χ2v) is 2.94. The Kier molecular flexibility index (Phi) is 0.768. The third-order valence-corrected chi connectivity index (χ3v) is 2.39. The lowest BCUT2D eigenvalue weighted by Crippen LogP contribution is -2.02. The molecular weight excluding hydrogens is 174 g/mol. The summed E-state index contributed by atoms with van der Waals surface area (Å²) in [6.45, 7) is 0. The van der Waals surface area contributed by atoms with E-state index in [1.54, 1.807) is 0 Å². The molecule has 2 aliphatic carbocycles. The van der Waals surface area contributed by atoms with Crippen molar-refractivity contribution in [2.75, 3.05) is 0 Å². The van der Waals surface area contributed by atoms with E-state index in [1.165, 1.54) is 0 Å². The molecule has 6 heteroatoms. The first-order valence-corrected chi connectivity index (χ1v) is 2.84. The summed E-state index contributed by atoms with van der Waals surface area (Å²) in [6, 6.07) is 0. The average Bonchev–Trinajstić information content (AvgIpc) is 2.43. The minimum Gasteiger partial charge on any atom is -0.206 e. The second-order valence-electron chi connectivity index (χ2n) is 2.94. The van der Waals surface area contributed by atoms with Crippen LogP contribution in [-0.2, 0) is 0 Å². The van der Waals surface area contributed by atoms with E-state index in [1.807, 2.05) is 0 Å². The Hall–Kier alpha value is -0.420. The molecule has 0 unspecified atom stereocenters. The van der Waals surface area contributed by atoms with Gasteiger partial charge in [-0.05, 0) is 0 Å². The molecule has 0 radical (unpaired) electrons. The third kappa shape index (κ3) is 0.390. The zero-order valence-electron chi connectivity index (χ0n) is 4.97. The molecule has 64 valence electrons. The van der Waals surface area contributed by atoms with E-state index in [-0.39, 0.29) is 0 Å². The van der Waals surface area contributed by atoms with E-state index in [9.17, 15) is 26.3 Å². The molecule has 0 atom stereocenters. The van der Waals surface area contributed by atoms with Crippen LogP contribution in [0.2, 0.25) is 0 Å². The van der Waals surface area contributed by atoms with Gasteiger partial charge in [-0.3, -0.25) is 0 Å². The van der Waals surface area contributed by atoms with E-state index in [4.69, 9.17) is 0 Å². The summed E-state index contributed by atoms with van der Waals surface area (Å²) < 4.78 is 72.1. The van der Waals surface area contributed by atoms with Gasteiger partial charge < -0.3 is 0 Å². The standard InChI is InChI=1S/C5H2F6/c6-3(7)1-2(3)4(8,9)5(2,10)11/h1H2. The van der Waals surface area contributed by atoms with E-state index >= 15 is 0 Å². The first-order valence-electron chi connectivity index (χ1n) is 2.84. The van der Waals surface area contributed by atoms with Gasteiger partial charge in [-0.15, -0.1) is 0 Å². The summed E-state index contributed by atoms with van der Waals surface area (Å²) >= 11 is 0. The Labute approximate surface area is 57.2 Å². The Bertz CT molecular complexity index is 215. The van der Waals surface area contributed by atoms with Crippen LogP contribution in [0, 0.1) is 5.41 Å². The van der Waals surface area contributed by atoms with E-state index < -0.39 is 29.6 Å². The predicted octanol–water partition coefficient (Wildman–Crippen LogP) is 2.30. The number of alkyl halides is 6. The highest BCUT2D eigenvalue weighted by Crippen LogP contribution is 2.89. The van der Waals surface area contributed by atoms with E-state index in [2.05, 4.69) is 0 Å². The molecule has 0 aromatic carbocycles. The Balaban J connectivity index is 2.38. The zero-order chi connectivity index (χ0) is 8.71. The maximum atomic E-state index is 12.0. The van der Waals surface area contributed by atoms with Crippen LogP contribution in [0.3, 0.4) is 0 Å². The van der Waals surface area contributed by atoms with Crippen molar-refractivity contribution in [3.8, 4) is 0 Å². The molecule has 0 N–H and O–H groups in total. The number of hydrogen-bond acceptors (Lipinski definition) is 0. The fraction of sp³-hybridized carbons (Fsp3) is 1.00. The van der Waals surface area contributed by atoms with Crippen LogP contribution in [0.5, 0.6) is 0 Å². The topological polar surface area (TPSA) is 0 Å². The number of halogens is 6. The molecule has 0 heterocycles. The highest BCUT2D eigenvalue weighted by atomic mass is 19.3. The van der Waals surface area contributed by atoms with Crippen molar-refractivity contribution in [3.63, 3.8) is 0 Å². The lowest BCUT2D eigenvalue weighted by Gasteiger charge is -1.87. The molecule has 1 spiro atoms. The predicted molar refractivity (Wildman–Crippen MR) is 21.9 cm³/mol. The monoisotopic (exact) mass is 176 g/mol. The van der Waals surface area contributed by atoms with Gasteiger partial charge in [0.05, 0.1) is 0 Å². The summed E-state index contributed by atoms with van der Waals surface area (Å²) in [5.74, 6) is -12.9. The molecule has 0 aromatic heterocycles. The third-order valence-electron chi connectivity index (χ3n) is 2.39. The van der Waals surface area contributed by atoms with Crippen LogP contribution < -0.4 is 0 Å². The molecule has 0 nitrogen and oxygen atoms in total. The molecule has 0 amide bonds. The van der Waals surface area contributed by atoms with Gasteiger partial charge in [-0.1, -0.05) is 0 Å². The fourth-order valence-electron chi connectivity index (χ4n) is 1.44. The minimum atomic E-state index is -4.50. The van der Waals surface area contributed by atoms with Crippen molar-refractivity contribution in [1.29, 1.82) is 0 Å². The van der Waals surface area contributed by atoms with Crippen molar-refractivity contribution in [1.82, 2.24) is 0 Å². The van der Waals surface area contributed by atoms with Gasteiger partial charge >= 0.3 is 11.8 Å². The van der Waals surface area contributed by atoms with Gasteiger partial charge in [-0.25, -0.2) is 8.78 Å². The summed E-state index contributed by atoms with van der Waals surface area (Å²) in [5, 5.41) is 0. The number of rotatable bonds is 0. The van der Waals surface area contributed by atoms with Gasteiger partial charge in [0.25, 0.3) is 5.92 Å². The largest absolute Gasteiger partial charge is 0.328 e.